The second-order valence-corrected chi connectivity index (χ2v) is 4.21. The van der Waals surface area contributed by atoms with Crippen molar-refractivity contribution in [2.75, 3.05) is 6.54 Å². The molecule has 94 valence electrons. The maximum absolute atomic E-state index is 11.9. The minimum Gasteiger partial charge on any atom is -0.345 e. The number of amides is 1. The lowest BCUT2D eigenvalue weighted by molar-refractivity contribution is 0.0893. The Bertz CT molecular complexity index is 423. The molecule has 0 fully saturated rings. The van der Waals surface area contributed by atoms with E-state index in [1.165, 1.54) is 12.1 Å². The first-order valence-electron chi connectivity index (χ1n) is 5.59. The lowest BCUT2D eigenvalue weighted by Crippen LogP contribution is -2.47. The first-order valence-corrected chi connectivity index (χ1v) is 5.59. The van der Waals surface area contributed by atoms with Crippen molar-refractivity contribution in [3.63, 3.8) is 0 Å². The summed E-state index contributed by atoms with van der Waals surface area (Å²) in [6, 6.07) is 2.67. The number of H-pyrrole nitrogens is 1. The first-order chi connectivity index (χ1) is 8.00. The van der Waals surface area contributed by atoms with Gasteiger partial charge in [-0.3, -0.25) is 9.59 Å². The van der Waals surface area contributed by atoms with Gasteiger partial charge in [0.1, 0.15) is 5.69 Å². The normalized spacial score (nSPS) is 14.1. The maximum atomic E-state index is 11.9. The monoisotopic (exact) mass is 238 g/mol. The van der Waals surface area contributed by atoms with Gasteiger partial charge in [-0.2, -0.15) is 5.10 Å². The van der Waals surface area contributed by atoms with E-state index in [2.05, 4.69) is 15.5 Å². The summed E-state index contributed by atoms with van der Waals surface area (Å²) in [5.74, 6) is -0.306. The van der Waals surface area contributed by atoms with Crippen molar-refractivity contribution in [3.8, 4) is 0 Å². The van der Waals surface area contributed by atoms with E-state index in [0.717, 1.165) is 6.42 Å². The standard InChI is InChI=1S/C11H18N4O2/c1-3-11(2,6-7-12)13-10(17)8-4-5-9(16)15-14-8/h4-5H,3,6-7,12H2,1-2H3,(H,13,17)(H,15,16). The third kappa shape index (κ3) is 3.67. The van der Waals surface area contributed by atoms with Crippen molar-refractivity contribution in [1.29, 1.82) is 0 Å². The zero-order chi connectivity index (χ0) is 12.9. The lowest BCUT2D eigenvalue weighted by Gasteiger charge is -2.28. The number of carbonyl (C=O) groups is 1. The number of nitrogens with one attached hydrogen (secondary N) is 2. The summed E-state index contributed by atoms with van der Waals surface area (Å²) in [5.41, 5.74) is 5.03. The van der Waals surface area contributed by atoms with Crippen molar-refractivity contribution in [2.45, 2.75) is 32.2 Å². The number of hydrogen-bond donors (Lipinski definition) is 3. The van der Waals surface area contributed by atoms with Crippen LogP contribution < -0.4 is 16.6 Å². The molecule has 1 rings (SSSR count). The molecule has 1 amide bonds. The van der Waals surface area contributed by atoms with E-state index in [4.69, 9.17) is 5.73 Å². The Morgan fingerprint density at radius 2 is 2.29 bits per heavy atom. The molecule has 17 heavy (non-hydrogen) atoms. The molecule has 1 heterocycles. The van der Waals surface area contributed by atoms with Crippen molar-refractivity contribution in [3.05, 3.63) is 28.2 Å². The van der Waals surface area contributed by atoms with Crippen molar-refractivity contribution in [2.24, 2.45) is 5.73 Å². The Morgan fingerprint density at radius 3 is 2.76 bits per heavy atom. The van der Waals surface area contributed by atoms with E-state index in [1.54, 1.807) is 0 Å². The highest BCUT2D eigenvalue weighted by Crippen LogP contribution is 2.13. The Kier molecular flexibility index (Phi) is 4.39. The summed E-state index contributed by atoms with van der Waals surface area (Å²) in [6.45, 7) is 4.42. The molecule has 0 aliphatic rings. The summed E-state index contributed by atoms with van der Waals surface area (Å²) >= 11 is 0. The van der Waals surface area contributed by atoms with Crippen LogP contribution in [-0.4, -0.2) is 28.2 Å². The number of carbonyl (C=O) groups excluding carboxylic acids is 1. The molecular formula is C11H18N4O2. The molecule has 6 heteroatoms. The van der Waals surface area contributed by atoms with Gasteiger partial charge in [-0.25, -0.2) is 5.10 Å². The minimum absolute atomic E-state index is 0.196. The van der Waals surface area contributed by atoms with Gasteiger partial charge < -0.3 is 11.1 Å². The molecule has 4 N–H and O–H groups in total. The molecule has 6 nitrogen and oxygen atoms in total. The van der Waals surface area contributed by atoms with Crippen LogP contribution in [0.2, 0.25) is 0 Å². The highest BCUT2D eigenvalue weighted by molar-refractivity contribution is 5.92. The van der Waals surface area contributed by atoms with Gasteiger partial charge in [0.2, 0.25) is 0 Å². The Labute approximate surface area is 99.6 Å². The third-order valence-corrected chi connectivity index (χ3v) is 2.80. The zero-order valence-electron chi connectivity index (χ0n) is 10.1. The van der Waals surface area contributed by atoms with Gasteiger partial charge in [0.15, 0.2) is 0 Å². The maximum Gasteiger partial charge on any atom is 0.272 e. The zero-order valence-corrected chi connectivity index (χ0v) is 10.1. The molecule has 0 saturated carbocycles. The third-order valence-electron chi connectivity index (χ3n) is 2.80. The van der Waals surface area contributed by atoms with E-state index in [-0.39, 0.29) is 22.7 Å². The number of nitrogens with zero attached hydrogens (tertiary/aromatic N) is 1. The van der Waals surface area contributed by atoms with Crippen LogP contribution in [-0.2, 0) is 0 Å². The molecule has 0 aromatic carbocycles. The molecule has 1 aromatic rings. The van der Waals surface area contributed by atoms with E-state index < -0.39 is 0 Å². The number of rotatable bonds is 5. The number of hydrogen-bond acceptors (Lipinski definition) is 4. The molecule has 1 unspecified atom stereocenters. The predicted octanol–water partition coefficient (Wildman–Crippen LogP) is 0.0172. The Balaban J connectivity index is 2.77. The van der Waals surface area contributed by atoms with Gasteiger partial charge in [-0.15, -0.1) is 0 Å². The predicted molar refractivity (Wildman–Crippen MR) is 64.7 cm³/mol. The average Bonchev–Trinajstić information content (AvgIpc) is 2.30. The largest absolute Gasteiger partial charge is 0.345 e. The van der Waals surface area contributed by atoms with Gasteiger partial charge in [-0.1, -0.05) is 6.92 Å². The van der Waals surface area contributed by atoms with Crippen molar-refractivity contribution < 1.29 is 4.79 Å². The fraction of sp³-hybridized carbons (Fsp3) is 0.545. The summed E-state index contributed by atoms with van der Waals surface area (Å²) in [5, 5.41) is 8.78. The smallest absolute Gasteiger partial charge is 0.272 e. The van der Waals surface area contributed by atoms with E-state index >= 15 is 0 Å². The highest BCUT2D eigenvalue weighted by Gasteiger charge is 2.24. The van der Waals surface area contributed by atoms with Gasteiger partial charge in [0, 0.05) is 11.6 Å². The fourth-order valence-electron chi connectivity index (χ4n) is 1.46. The first kappa shape index (κ1) is 13.4. The van der Waals surface area contributed by atoms with Crippen LogP contribution >= 0.6 is 0 Å². The van der Waals surface area contributed by atoms with Gasteiger partial charge in [0.05, 0.1) is 0 Å². The summed E-state index contributed by atoms with van der Waals surface area (Å²) in [7, 11) is 0. The van der Waals surface area contributed by atoms with Crippen LogP contribution in [0, 0.1) is 0 Å². The van der Waals surface area contributed by atoms with Crippen LogP contribution in [0.1, 0.15) is 37.2 Å². The molecule has 0 radical (unpaired) electrons. The van der Waals surface area contributed by atoms with Gasteiger partial charge in [0.25, 0.3) is 11.5 Å². The second kappa shape index (κ2) is 5.58. The van der Waals surface area contributed by atoms with Crippen LogP contribution in [0.25, 0.3) is 0 Å². The minimum atomic E-state index is -0.344. The van der Waals surface area contributed by atoms with Crippen LogP contribution in [0.15, 0.2) is 16.9 Å². The van der Waals surface area contributed by atoms with E-state index in [9.17, 15) is 9.59 Å². The van der Waals surface area contributed by atoms with Crippen LogP contribution in [0.3, 0.4) is 0 Å². The quantitative estimate of drug-likeness (QED) is 0.673. The second-order valence-electron chi connectivity index (χ2n) is 4.21. The highest BCUT2D eigenvalue weighted by atomic mass is 16.2. The fourth-order valence-corrected chi connectivity index (χ4v) is 1.46. The molecule has 1 atom stereocenters. The number of aromatic nitrogens is 2. The van der Waals surface area contributed by atoms with Crippen molar-refractivity contribution in [1.82, 2.24) is 15.5 Å². The topological polar surface area (TPSA) is 101 Å². The Morgan fingerprint density at radius 1 is 1.59 bits per heavy atom. The van der Waals surface area contributed by atoms with Gasteiger partial charge >= 0.3 is 0 Å². The lowest BCUT2D eigenvalue weighted by atomic mass is 9.94. The molecule has 1 aromatic heterocycles. The van der Waals surface area contributed by atoms with Crippen LogP contribution in [0.4, 0.5) is 0 Å². The number of aromatic amines is 1. The van der Waals surface area contributed by atoms with E-state index in [1.807, 2.05) is 13.8 Å². The number of nitrogens with two attached hydrogens (primary N) is 1. The average molecular weight is 238 g/mol. The molecule has 0 saturated heterocycles. The molecular weight excluding hydrogens is 220 g/mol. The molecule has 0 spiro atoms. The Hall–Kier alpha value is -1.69. The molecule has 0 aliphatic carbocycles. The SMILES string of the molecule is CCC(C)(CCN)NC(=O)c1ccc(=O)[nH]n1. The molecule has 0 aliphatic heterocycles. The summed E-state index contributed by atoms with van der Waals surface area (Å²) in [6.07, 6.45) is 1.47. The summed E-state index contributed by atoms with van der Waals surface area (Å²) < 4.78 is 0. The van der Waals surface area contributed by atoms with Crippen molar-refractivity contribution >= 4 is 5.91 Å². The molecule has 0 bridgehead atoms. The summed E-state index contributed by atoms with van der Waals surface area (Å²) in [4.78, 5) is 22.7. The van der Waals surface area contributed by atoms with Gasteiger partial charge in [-0.05, 0) is 32.4 Å². The van der Waals surface area contributed by atoms with Crippen LogP contribution in [0.5, 0.6) is 0 Å². The van der Waals surface area contributed by atoms with E-state index in [0.29, 0.717) is 13.0 Å².